The number of morpholine rings is 1. The van der Waals surface area contributed by atoms with Gasteiger partial charge in [0.05, 0.1) is 25.4 Å². The molecule has 5 heteroatoms. The molecule has 0 aromatic heterocycles. The van der Waals surface area contributed by atoms with E-state index < -0.39 is 0 Å². The van der Waals surface area contributed by atoms with E-state index >= 15 is 0 Å². The molecule has 0 bridgehead atoms. The maximum absolute atomic E-state index is 9.27. The third-order valence-corrected chi connectivity index (χ3v) is 3.33. The van der Waals surface area contributed by atoms with Crippen molar-refractivity contribution in [2.24, 2.45) is 0 Å². The van der Waals surface area contributed by atoms with Crippen LogP contribution in [0.25, 0.3) is 0 Å². The number of rotatable bonds is 4. The predicted molar refractivity (Wildman–Crippen MR) is 80.3 cm³/mol. The van der Waals surface area contributed by atoms with E-state index in [1.807, 2.05) is 32.0 Å². The van der Waals surface area contributed by atoms with Crippen molar-refractivity contribution in [3.05, 3.63) is 18.2 Å². The van der Waals surface area contributed by atoms with Crippen LogP contribution in [0.15, 0.2) is 18.2 Å². The highest BCUT2D eigenvalue weighted by Crippen LogP contribution is 2.29. The quantitative estimate of drug-likeness (QED) is 0.821. The Labute approximate surface area is 120 Å². The molecule has 2 unspecified atom stereocenters. The van der Waals surface area contributed by atoms with Crippen LogP contribution in [0.4, 0.5) is 11.4 Å². The molecule has 20 heavy (non-hydrogen) atoms. The van der Waals surface area contributed by atoms with Crippen molar-refractivity contribution in [1.82, 2.24) is 0 Å². The lowest BCUT2D eigenvalue weighted by Crippen LogP contribution is -2.49. The molecule has 5 nitrogen and oxygen atoms in total. The molecular weight excluding hydrogens is 256 g/mol. The zero-order valence-corrected chi connectivity index (χ0v) is 12.4. The summed E-state index contributed by atoms with van der Waals surface area (Å²) >= 11 is 0. The second-order valence-electron chi connectivity index (χ2n) is 5.57. The van der Waals surface area contributed by atoms with Crippen molar-refractivity contribution in [2.45, 2.75) is 39.0 Å². The summed E-state index contributed by atoms with van der Waals surface area (Å²) < 4.78 is 11.3. The molecule has 0 radical (unpaired) electrons. The molecule has 0 spiro atoms. The van der Waals surface area contributed by atoms with Gasteiger partial charge in [-0.05, 0) is 26.8 Å². The van der Waals surface area contributed by atoms with Gasteiger partial charge in [-0.25, -0.2) is 0 Å². The number of aliphatic hydroxyl groups is 1. The van der Waals surface area contributed by atoms with Crippen molar-refractivity contribution in [2.75, 3.05) is 30.4 Å². The van der Waals surface area contributed by atoms with Crippen LogP contribution >= 0.6 is 0 Å². The first-order chi connectivity index (χ1) is 9.49. The van der Waals surface area contributed by atoms with E-state index in [-0.39, 0.29) is 24.9 Å². The van der Waals surface area contributed by atoms with E-state index in [0.29, 0.717) is 18.8 Å². The number of nitrogens with zero attached hydrogens (tertiary/aromatic N) is 1. The summed E-state index contributed by atoms with van der Waals surface area (Å²) in [6, 6.07) is 6.00. The lowest BCUT2D eigenvalue weighted by Gasteiger charge is -2.39. The van der Waals surface area contributed by atoms with Gasteiger partial charge < -0.3 is 25.2 Å². The van der Waals surface area contributed by atoms with Gasteiger partial charge in [-0.2, -0.15) is 0 Å². The van der Waals surface area contributed by atoms with E-state index in [1.54, 1.807) is 0 Å². The molecule has 3 N–H and O–H groups in total. The van der Waals surface area contributed by atoms with Gasteiger partial charge in [0, 0.05) is 36.1 Å². The zero-order chi connectivity index (χ0) is 14.7. The highest BCUT2D eigenvalue weighted by molar-refractivity contribution is 5.61. The van der Waals surface area contributed by atoms with Crippen molar-refractivity contribution < 1.29 is 14.6 Å². The molecule has 0 aliphatic carbocycles. The largest absolute Gasteiger partial charge is 0.491 e. The number of hydrogen-bond donors (Lipinski definition) is 2. The molecule has 0 saturated carbocycles. The van der Waals surface area contributed by atoms with Gasteiger partial charge in [-0.3, -0.25) is 0 Å². The topological polar surface area (TPSA) is 68.0 Å². The zero-order valence-electron chi connectivity index (χ0n) is 12.4. The number of ether oxygens (including phenoxy) is 2. The fourth-order valence-electron chi connectivity index (χ4n) is 2.40. The summed E-state index contributed by atoms with van der Waals surface area (Å²) in [5.74, 6) is 0.772. The predicted octanol–water partition coefficient (Wildman–Crippen LogP) is 1.64. The minimum Gasteiger partial charge on any atom is -0.491 e. The van der Waals surface area contributed by atoms with Crippen LogP contribution in [0.3, 0.4) is 0 Å². The summed E-state index contributed by atoms with van der Waals surface area (Å²) in [5, 5.41) is 9.27. The van der Waals surface area contributed by atoms with Gasteiger partial charge in [-0.1, -0.05) is 0 Å². The minimum absolute atomic E-state index is 0.0287. The van der Waals surface area contributed by atoms with Crippen LogP contribution in [0.1, 0.15) is 20.8 Å². The first-order valence-electron chi connectivity index (χ1n) is 7.06. The Morgan fingerprint density at radius 1 is 1.45 bits per heavy atom. The number of nitrogens with two attached hydrogens (primary N) is 1. The lowest BCUT2D eigenvalue weighted by molar-refractivity contribution is -0.0103. The molecule has 1 aliphatic rings. The van der Waals surface area contributed by atoms with Crippen LogP contribution in [0, 0.1) is 0 Å². The summed E-state index contributed by atoms with van der Waals surface area (Å²) in [7, 11) is 0. The molecule has 0 amide bonds. The van der Waals surface area contributed by atoms with Crippen molar-refractivity contribution in [3.8, 4) is 5.75 Å². The van der Waals surface area contributed by atoms with Crippen LogP contribution in [0.5, 0.6) is 5.75 Å². The molecular formula is C15H24N2O3. The summed E-state index contributed by atoms with van der Waals surface area (Å²) in [6.07, 6.45) is -0.0425. The fourth-order valence-corrected chi connectivity index (χ4v) is 2.40. The molecule has 1 heterocycles. The van der Waals surface area contributed by atoms with Crippen LogP contribution < -0.4 is 15.4 Å². The molecule has 1 saturated heterocycles. The fraction of sp³-hybridized carbons (Fsp3) is 0.600. The average Bonchev–Trinajstić information content (AvgIpc) is 2.37. The molecule has 1 aromatic carbocycles. The second-order valence-corrected chi connectivity index (χ2v) is 5.57. The number of nitrogen functional groups attached to an aromatic ring is 1. The van der Waals surface area contributed by atoms with Gasteiger partial charge in [0.2, 0.25) is 0 Å². The summed E-state index contributed by atoms with van der Waals surface area (Å²) in [4.78, 5) is 2.20. The van der Waals surface area contributed by atoms with Gasteiger partial charge in [0.1, 0.15) is 5.75 Å². The lowest BCUT2D eigenvalue weighted by atomic mass is 10.1. The molecule has 1 fully saturated rings. The number of benzene rings is 1. The Bertz CT molecular complexity index is 451. The number of anilines is 2. The van der Waals surface area contributed by atoms with E-state index in [1.165, 1.54) is 0 Å². The van der Waals surface area contributed by atoms with Gasteiger partial charge in [0.25, 0.3) is 0 Å². The monoisotopic (exact) mass is 280 g/mol. The third-order valence-electron chi connectivity index (χ3n) is 3.33. The Morgan fingerprint density at radius 3 is 2.85 bits per heavy atom. The average molecular weight is 280 g/mol. The summed E-state index contributed by atoms with van der Waals surface area (Å²) in [6.45, 7) is 7.35. The van der Waals surface area contributed by atoms with Crippen molar-refractivity contribution in [3.63, 3.8) is 0 Å². The molecule has 2 rings (SSSR count). The molecule has 1 aromatic rings. The summed E-state index contributed by atoms with van der Waals surface area (Å²) in [5.41, 5.74) is 7.65. The Kier molecular flexibility index (Phi) is 4.73. The third kappa shape index (κ3) is 3.55. The van der Waals surface area contributed by atoms with E-state index in [9.17, 15) is 5.11 Å². The maximum atomic E-state index is 9.27. The standard InChI is InChI=1S/C15H24N2O3/c1-10(2)20-14-5-12(16)4-13(6-14)17-7-15(8-18)19-9-11(17)3/h4-6,10-11,15,18H,7-9,16H2,1-3H3. The first-order valence-corrected chi connectivity index (χ1v) is 7.06. The van der Waals surface area contributed by atoms with Gasteiger partial charge in [-0.15, -0.1) is 0 Å². The highest BCUT2D eigenvalue weighted by Gasteiger charge is 2.26. The maximum Gasteiger partial charge on any atom is 0.123 e. The minimum atomic E-state index is -0.151. The molecule has 112 valence electrons. The van der Waals surface area contributed by atoms with Crippen LogP contribution in [0.2, 0.25) is 0 Å². The van der Waals surface area contributed by atoms with Gasteiger partial charge >= 0.3 is 0 Å². The van der Waals surface area contributed by atoms with E-state index in [0.717, 1.165) is 11.4 Å². The Balaban J connectivity index is 2.23. The van der Waals surface area contributed by atoms with E-state index in [2.05, 4.69) is 11.8 Å². The number of aliphatic hydroxyl groups excluding tert-OH is 1. The normalized spacial score (nSPS) is 23.1. The number of hydrogen-bond acceptors (Lipinski definition) is 5. The highest BCUT2D eigenvalue weighted by atomic mass is 16.5. The van der Waals surface area contributed by atoms with Gasteiger partial charge in [0.15, 0.2) is 0 Å². The van der Waals surface area contributed by atoms with Crippen molar-refractivity contribution >= 4 is 11.4 Å². The Morgan fingerprint density at radius 2 is 2.20 bits per heavy atom. The van der Waals surface area contributed by atoms with E-state index in [4.69, 9.17) is 15.2 Å². The van der Waals surface area contributed by atoms with Crippen LogP contribution in [-0.4, -0.2) is 43.1 Å². The molecule has 1 aliphatic heterocycles. The SMILES string of the molecule is CC(C)Oc1cc(N)cc(N2CC(CO)OCC2C)c1. The van der Waals surface area contributed by atoms with Crippen molar-refractivity contribution in [1.29, 1.82) is 0 Å². The molecule has 2 atom stereocenters. The smallest absolute Gasteiger partial charge is 0.123 e. The second kappa shape index (κ2) is 6.33. The van der Waals surface area contributed by atoms with Crippen LogP contribution in [-0.2, 0) is 4.74 Å². The first kappa shape index (κ1) is 14.9. The Hall–Kier alpha value is -1.46.